The minimum Gasteiger partial charge on any atom is -0.352 e. The summed E-state index contributed by atoms with van der Waals surface area (Å²) in [5.74, 6) is -0.163. The Morgan fingerprint density at radius 1 is 0.903 bits per heavy atom. The van der Waals surface area contributed by atoms with Gasteiger partial charge in [-0.15, -0.1) is 0 Å². The van der Waals surface area contributed by atoms with Crippen molar-refractivity contribution < 1.29 is 9.59 Å². The molecule has 0 aliphatic rings. The maximum absolute atomic E-state index is 13.4. The highest BCUT2D eigenvalue weighted by Crippen LogP contribution is 2.29. The Bertz CT molecular complexity index is 1150. The molecule has 0 fully saturated rings. The maximum Gasteiger partial charge on any atom is 0.260 e. The summed E-state index contributed by atoms with van der Waals surface area (Å²) >= 11 is 1.52. The fourth-order valence-electron chi connectivity index (χ4n) is 3.29. The summed E-state index contributed by atoms with van der Waals surface area (Å²) in [5, 5.41) is 3.47. The third kappa shape index (κ3) is 5.16. The van der Waals surface area contributed by atoms with Crippen LogP contribution >= 0.6 is 11.3 Å². The Labute approximate surface area is 185 Å². The Kier molecular flexibility index (Phi) is 6.38. The van der Waals surface area contributed by atoms with Crippen molar-refractivity contribution in [3.63, 3.8) is 0 Å². The summed E-state index contributed by atoms with van der Waals surface area (Å²) in [7, 11) is 0. The van der Waals surface area contributed by atoms with Crippen LogP contribution in [0.2, 0.25) is 0 Å². The first-order valence-corrected chi connectivity index (χ1v) is 11.0. The second-order valence-corrected chi connectivity index (χ2v) is 8.27. The first-order chi connectivity index (χ1) is 15.1. The number of para-hydroxylation sites is 1. The molecule has 31 heavy (non-hydrogen) atoms. The number of nitrogens with zero attached hydrogens (tertiary/aromatic N) is 2. The molecule has 0 spiro atoms. The fourth-order valence-corrected chi connectivity index (χ4v) is 4.28. The molecule has 156 valence electrons. The van der Waals surface area contributed by atoms with E-state index in [1.54, 1.807) is 4.90 Å². The predicted octanol–water partition coefficient (Wildman–Crippen LogP) is 4.82. The topological polar surface area (TPSA) is 62.3 Å². The smallest absolute Gasteiger partial charge is 0.260 e. The average Bonchev–Trinajstić information content (AvgIpc) is 3.22. The van der Waals surface area contributed by atoms with Crippen LogP contribution in [0.3, 0.4) is 0 Å². The molecule has 4 aromatic rings. The summed E-state index contributed by atoms with van der Waals surface area (Å²) in [6, 6.07) is 25.4. The number of anilines is 1. The molecule has 2 amide bonds. The molecule has 0 atom stereocenters. The van der Waals surface area contributed by atoms with Crippen LogP contribution in [0, 0.1) is 0 Å². The number of nitrogens with one attached hydrogen (secondary N) is 1. The van der Waals surface area contributed by atoms with Crippen molar-refractivity contribution in [3.05, 3.63) is 95.6 Å². The van der Waals surface area contributed by atoms with E-state index in [0.717, 1.165) is 22.2 Å². The van der Waals surface area contributed by atoms with Gasteiger partial charge >= 0.3 is 0 Å². The summed E-state index contributed by atoms with van der Waals surface area (Å²) < 4.78 is 1.06. The van der Waals surface area contributed by atoms with Crippen LogP contribution < -0.4 is 10.2 Å². The normalized spacial score (nSPS) is 10.7. The standard InChI is InChI=1S/C25H23N3O2S/c1-18(29)26-17-20-11-13-21(14-12-20)24(30)28(16-15-19-7-3-2-4-8-19)25-27-22-9-5-6-10-23(22)31-25/h2-14H,15-17H2,1H3,(H,26,29). The van der Waals surface area contributed by atoms with Crippen molar-refractivity contribution in [2.45, 2.75) is 19.9 Å². The molecule has 0 unspecified atom stereocenters. The Balaban J connectivity index is 1.59. The van der Waals surface area contributed by atoms with E-state index in [2.05, 4.69) is 17.4 Å². The molecular formula is C25H23N3O2S. The Morgan fingerprint density at radius 3 is 2.32 bits per heavy atom. The van der Waals surface area contributed by atoms with E-state index in [9.17, 15) is 9.59 Å². The molecule has 0 aliphatic carbocycles. The highest BCUT2D eigenvalue weighted by Gasteiger charge is 2.21. The zero-order chi connectivity index (χ0) is 21.6. The van der Waals surface area contributed by atoms with Crippen LogP contribution in [-0.2, 0) is 17.8 Å². The fraction of sp³-hybridized carbons (Fsp3) is 0.160. The molecule has 0 aliphatic heterocycles. The molecule has 0 saturated carbocycles. The number of aromatic nitrogens is 1. The highest BCUT2D eigenvalue weighted by atomic mass is 32.1. The largest absolute Gasteiger partial charge is 0.352 e. The predicted molar refractivity (Wildman–Crippen MR) is 125 cm³/mol. The van der Waals surface area contributed by atoms with E-state index in [0.29, 0.717) is 23.8 Å². The average molecular weight is 430 g/mol. The minimum atomic E-state index is -0.0823. The molecule has 5 nitrogen and oxygen atoms in total. The number of benzene rings is 3. The summed E-state index contributed by atoms with van der Waals surface area (Å²) in [5.41, 5.74) is 3.61. The molecule has 1 aromatic heterocycles. The maximum atomic E-state index is 13.4. The van der Waals surface area contributed by atoms with E-state index in [1.807, 2.05) is 66.7 Å². The number of hydrogen-bond donors (Lipinski definition) is 1. The van der Waals surface area contributed by atoms with Crippen LogP contribution in [0.25, 0.3) is 10.2 Å². The van der Waals surface area contributed by atoms with Gasteiger partial charge in [-0.2, -0.15) is 0 Å². The quantitative estimate of drug-likeness (QED) is 0.458. The lowest BCUT2D eigenvalue weighted by molar-refractivity contribution is -0.119. The van der Waals surface area contributed by atoms with Gasteiger partial charge in [-0.3, -0.25) is 14.5 Å². The van der Waals surface area contributed by atoms with Gasteiger partial charge < -0.3 is 5.32 Å². The van der Waals surface area contributed by atoms with Crippen LogP contribution in [0.15, 0.2) is 78.9 Å². The zero-order valence-electron chi connectivity index (χ0n) is 17.2. The van der Waals surface area contributed by atoms with Gasteiger partial charge in [-0.25, -0.2) is 4.98 Å². The second-order valence-electron chi connectivity index (χ2n) is 7.26. The van der Waals surface area contributed by atoms with Gasteiger partial charge in [0.25, 0.3) is 5.91 Å². The van der Waals surface area contributed by atoms with Crippen molar-refractivity contribution in [2.75, 3.05) is 11.4 Å². The van der Waals surface area contributed by atoms with Crippen molar-refractivity contribution in [3.8, 4) is 0 Å². The van der Waals surface area contributed by atoms with Gasteiger partial charge in [0.2, 0.25) is 5.91 Å². The molecule has 0 bridgehead atoms. The van der Waals surface area contributed by atoms with Gasteiger partial charge in [0.1, 0.15) is 0 Å². The van der Waals surface area contributed by atoms with Crippen LogP contribution in [-0.4, -0.2) is 23.3 Å². The number of fused-ring (bicyclic) bond motifs is 1. The number of amides is 2. The molecule has 0 radical (unpaired) electrons. The lowest BCUT2D eigenvalue weighted by atomic mass is 10.1. The third-order valence-corrected chi connectivity index (χ3v) is 6.03. The van der Waals surface area contributed by atoms with Crippen LogP contribution in [0.5, 0.6) is 0 Å². The van der Waals surface area contributed by atoms with E-state index in [1.165, 1.54) is 23.8 Å². The van der Waals surface area contributed by atoms with Crippen molar-refractivity contribution in [2.24, 2.45) is 0 Å². The van der Waals surface area contributed by atoms with E-state index >= 15 is 0 Å². The first kappa shape index (κ1) is 20.8. The number of carbonyl (C=O) groups is 2. The van der Waals surface area contributed by atoms with Gasteiger partial charge in [0.15, 0.2) is 5.13 Å². The number of thiazole rings is 1. The van der Waals surface area contributed by atoms with Crippen LogP contribution in [0.1, 0.15) is 28.4 Å². The molecular weight excluding hydrogens is 406 g/mol. The zero-order valence-corrected chi connectivity index (χ0v) is 18.1. The molecule has 6 heteroatoms. The molecule has 0 saturated heterocycles. The van der Waals surface area contributed by atoms with Crippen molar-refractivity contribution in [1.82, 2.24) is 10.3 Å². The molecule has 1 N–H and O–H groups in total. The van der Waals surface area contributed by atoms with Crippen LogP contribution in [0.4, 0.5) is 5.13 Å². The molecule has 4 rings (SSSR count). The van der Waals surface area contributed by atoms with Gasteiger partial charge in [-0.05, 0) is 41.8 Å². The Hall–Kier alpha value is -3.51. The number of carbonyl (C=O) groups excluding carboxylic acids is 2. The van der Waals surface area contributed by atoms with Gasteiger partial charge in [0, 0.05) is 25.6 Å². The van der Waals surface area contributed by atoms with E-state index < -0.39 is 0 Å². The first-order valence-electron chi connectivity index (χ1n) is 10.1. The minimum absolute atomic E-state index is 0.0805. The number of hydrogen-bond acceptors (Lipinski definition) is 4. The summed E-state index contributed by atoms with van der Waals surface area (Å²) in [6.07, 6.45) is 0.739. The summed E-state index contributed by atoms with van der Waals surface area (Å²) in [6.45, 7) is 2.47. The lowest BCUT2D eigenvalue weighted by Gasteiger charge is -2.20. The highest BCUT2D eigenvalue weighted by molar-refractivity contribution is 7.22. The third-order valence-electron chi connectivity index (χ3n) is 4.97. The lowest BCUT2D eigenvalue weighted by Crippen LogP contribution is -2.33. The number of rotatable bonds is 7. The molecule has 1 heterocycles. The second kappa shape index (κ2) is 9.53. The SMILES string of the molecule is CC(=O)NCc1ccc(C(=O)N(CCc2ccccc2)c2nc3ccccc3s2)cc1. The molecule has 3 aromatic carbocycles. The van der Waals surface area contributed by atoms with Crippen molar-refractivity contribution in [1.29, 1.82) is 0 Å². The summed E-state index contributed by atoms with van der Waals surface area (Å²) in [4.78, 5) is 31.0. The van der Waals surface area contributed by atoms with E-state index in [-0.39, 0.29) is 11.8 Å². The monoisotopic (exact) mass is 429 g/mol. The van der Waals surface area contributed by atoms with E-state index in [4.69, 9.17) is 4.98 Å². The van der Waals surface area contributed by atoms with Gasteiger partial charge in [0.05, 0.1) is 10.2 Å². The van der Waals surface area contributed by atoms with Gasteiger partial charge in [-0.1, -0.05) is 65.9 Å². The van der Waals surface area contributed by atoms with Crippen molar-refractivity contribution >= 4 is 38.5 Å². The Morgan fingerprint density at radius 2 is 1.61 bits per heavy atom.